The summed E-state index contributed by atoms with van der Waals surface area (Å²) in [6, 6.07) is 0. The molecule has 0 aromatic carbocycles. The third-order valence-electron chi connectivity index (χ3n) is 22.0. The molecule has 8 aliphatic carbocycles. The molecule has 0 heterocycles. The average Bonchev–Trinajstić information content (AvgIpc) is 3.76. The number of aliphatic hydroxyl groups is 1. The van der Waals surface area contributed by atoms with E-state index in [1.165, 1.54) is 111 Å². The Balaban J connectivity index is 0.000000188. The molecule has 0 aliphatic heterocycles. The highest BCUT2D eigenvalue weighted by Crippen LogP contribution is 2.71. The van der Waals surface area contributed by atoms with Crippen molar-refractivity contribution in [2.75, 3.05) is 14.2 Å². The molecule has 8 aliphatic rings. The van der Waals surface area contributed by atoms with Gasteiger partial charge in [0.1, 0.15) is 0 Å². The number of methoxy groups -OCH3 is 2. The molecule has 7 heteroatoms. The SMILES string of the molecule is COC(=O)CC[C@@H](C)[C@H]1CC[C@H]2[C@@H]3[C@H](O)C[C@@H]4C[C@H](C)CC[C@]4(C)[C@H]3CC[C@]12C.COC(=O)CC[C@@H](C)[C@H]1CC[C@H]2[C@@H]3[C@H](O[Si](C)(C)C)C[C@@H]4C[C@H](C)CC[C@]4(C)[C@H]3CC[C@]12C. The summed E-state index contributed by atoms with van der Waals surface area (Å²) in [6.07, 6.45) is 24.7. The van der Waals surface area contributed by atoms with Crippen LogP contribution in [0.4, 0.5) is 0 Å². The maximum atomic E-state index is 11.8. The van der Waals surface area contributed by atoms with E-state index in [1.54, 1.807) is 0 Å². The zero-order valence-corrected chi connectivity index (χ0v) is 43.4. The van der Waals surface area contributed by atoms with Gasteiger partial charge < -0.3 is 19.0 Å². The molecule has 0 aromatic heterocycles. The second-order valence-electron chi connectivity index (χ2n) is 26.2. The van der Waals surface area contributed by atoms with Crippen LogP contribution in [-0.4, -0.2) is 51.8 Å². The van der Waals surface area contributed by atoms with Crippen molar-refractivity contribution in [1.29, 1.82) is 0 Å². The predicted molar refractivity (Wildman–Crippen MR) is 255 cm³/mol. The van der Waals surface area contributed by atoms with Crippen LogP contribution in [0.2, 0.25) is 19.6 Å². The van der Waals surface area contributed by atoms with Gasteiger partial charge in [-0.3, -0.25) is 9.59 Å². The van der Waals surface area contributed by atoms with Gasteiger partial charge in [0, 0.05) is 18.9 Å². The molecule has 356 valence electrons. The van der Waals surface area contributed by atoms with Crippen molar-refractivity contribution in [3.05, 3.63) is 0 Å². The van der Waals surface area contributed by atoms with Crippen molar-refractivity contribution in [2.45, 2.75) is 216 Å². The minimum Gasteiger partial charge on any atom is -0.469 e. The lowest BCUT2D eigenvalue weighted by Crippen LogP contribution is -2.60. The molecule has 8 fully saturated rings. The standard InChI is InChI=1S/C29H52O3Si.C26H44O3/c1-19-13-15-28(3)21(17-19)18-25(32-33(6,7)8)27-23-11-10-22(20(2)9-12-26(30)31-5)29(23,4)16-14-24(27)28;1-16-10-12-25(3)18(14-16)15-22(27)24-20-8-7-19(17(2)6-9-23(28)29-5)26(20,4)13-11-21(24)25/h19-25,27H,9-18H2,1-8H3;16-22,24,27H,6-15H2,1-5H3/t19-,20-,21+,22-,23+,24+,25-,27+,28+,29-;16-,17-,18+,19-,20+,21+,22-,24+,25+,26-/m11/s1. The second kappa shape index (κ2) is 18.6. The van der Waals surface area contributed by atoms with Gasteiger partial charge in [0.05, 0.1) is 20.3 Å². The normalized spacial score (nSPS) is 48.0. The molecule has 8 saturated carbocycles. The van der Waals surface area contributed by atoms with E-state index in [4.69, 9.17) is 13.9 Å². The van der Waals surface area contributed by atoms with Crippen molar-refractivity contribution in [3.8, 4) is 0 Å². The first-order chi connectivity index (χ1) is 29.1. The first kappa shape index (κ1) is 49.0. The summed E-state index contributed by atoms with van der Waals surface area (Å²) >= 11 is 0. The molecule has 62 heavy (non-hydrogen) atoms. The van der Waals surface area contributed by atoms with Crippen LogP contribution in [-0.2, 0) is 23.5 Å². The zero-order chi connectivity index (χ0) is 45.2. The molecular weight excluding hydrogens is 785 g/mol. The van der Waals surface area contributed by atoms with E-state index in [-0.39, 0.29) is 18.0 Å². The smallest absolute Gasteiger partial charge is 0.305 e. The van der Waals surface area contributed by atoms with Gasteiger partial charge >= 0.3 is 11.9 Å². The number of fused-ring (bicyclic) bond motifs is 10. The van der Waals surface area contributed by atoms with Crippen LogP contribution < -0.4 is 0 Å². The Kier molecular flexibility index (Phi) is 14.7. The largest absolute Gasteiger partial charge is 0.469 e. The Labute approximate surface area is 381 Å². The van der Waals surface area contributed by atoms with Crippen LogP contribution in [0, 0.1) is 105 Å². The van der Waals surface area contributed by atoms with Crippen molar-refractivity contribution in [3.63, 3.8) is 0 Å². The fourth-order valence-electron chi connectivity index (χ4n) is 18.7. The lowest BCUT2D eigenvalue weighted by Gasteiger charge is -2.63. The molecule has 0 saturated heterocycles. The fourth-order valence-corrected chi connectivity index (χ4v) is 19.8. The molecule has 0 amide bonds. The topological polar surface area (TPSA) is 82.1 Å². The number of carbonyl (C=O) groups excluding carboxylic acids is 2. The Hall–Kier alpha value is -0.923. The summed E-state index contributed by atoms with van der Waals surface area (Å²) in [5.41, 5.74) is 1.71. The maximum Gasteiger partial charge on any atom is 0.305 e. The van der Waals surface area contributed by atoms with E-state index >= 15 is 0 Å². The van der Waals surface area contributed by atoms with Gasteiger partial charge in [0.25, 0.3) is 0 Å². The Morgan fingerprint density at radius 3 is 1.44 bits per heavy atom. The quantitative estimate of drug-likeness (QED) is 0.174. The molecule has 0 spiro atoms. The lowest BCUT2D eigenvalue weighted by atomic mass is 9.43. The second-order valence-corrected chi connectivity index (χ2v) is 30.7. The van der Waals surface area contributed by atoms with Crippen molar-refractivity contribution in [1.82, 2.24) is 0 Å². The predicted octanol–water partition coefficient (Wildman–Crippen LogP) is 13.5. The third kappa shape index (κ3) is 9.09. The fraction of sp³-hybridized carbons (Fsp3) is 0.964. The number of aliphatic hydroxyl groups excluding tert-OH is 1. The van der Waals surface area contributed by atoms with Crippen LogP contribution in [0.15, 0.2) is 0 Å². The van der Waals surface area contributed by atoms with Gasteiger partial charge in [0.15, 0.2) is 8.32 Å². The highest BCUT2D eigenvalue weighted by molar-refractivity contribution is 6.69. The minimum atomic E-state index is -1.61. The number of esters is 2. The van der Waals surface area contributed by atoms with Crippen LogP contribution in [0.3, 0.4) is 0 Å². The van der Waals surface area contributed by atoms with Crippen LogP contribution >= 0.6 is 0 Å². The molecule has 6 nitrogen and oxygen atoms in total. The molecule has 0 aromatic rings. The number of carbonyl (C=O) groups is 2. The van der Waals surface area contributed by atoms with Gasteiger partial charge in [-0.15, -0.1) is 0 Å². The summed E-state index contributed by atoms with van der Waals surface area (Å²) in [5.74, 6) is 9.98. The van der Waals surface area contributed by atoms with E-state index in [0.29, 0.717) is 76.1 Å². The minimum absolute atomic E-state index is 0.0494. The summed E-state index contributed by atoms with van der Waals surface area (Å²) in [6.45, 7) is 27.3. The molecule has 0 radical (unpaired) electrons. The Morgan fingerprint density at radius 2 is 0.984 bits per heavy atom. The van der Waals surface area contributed by atoms with E-state index < -0.39 is 8.32 Å². The third-order valence-corrected chi connectivity index (χ3v) is 23.0. The van der Waals surface area contributed by atoms with Crippen LogP contribution in [0.25, 0.3) is 0 Å². The average molecular weight is 881 g/mol. The first-order valence-electron chi connectivity index (χ1n) is 26.6. The van der Waals surface area contributed by atoms with E-state index in [2.05, 4.69) is 75.0 Å². The highest BCUT2D eigenvalue weighted by Gasteiger charge is 2.65. The van der Waals surface area contributed by atoms with Gasteiger partial charge in [-0.25, -0.2) is 0 Å². The molecule has 1 N–H and O–H groups in total. The van der Waals surface area contributed by atoms with E-state index in [0.717, 1.165) is 66.6 Å². The maximum absolute atomic E-state index is 11.8. The number of hydrogen-bond donors (Lipinski definition) is 1. The Bertz CT molecular complexity index is 1560. The van der Waals surface area contributed by atoms with E-state index in [9.17, 15) is 14.7 Å². The van der Waals surface area contributed by atoms with Crippen LogP contribution in [0.1, 0.15) is 184 Å². The molecule has 8 rings (SSSR count). The monoisotopic (exact) mass is 881 g/mol. The van der Waals surface area contributed by atoms with Crippen molar-refractivity contribution >= 4 is 20.3 Å². The summed E-state index contributed by atoms with van der Waals surface area (Å²) in [4.78, 5) is 23.5. The van der Waals surface area contributed by atoms with Gasteiger partial charge in [0.2, 0.25) is 0 Å². The molecule has 0 bridgehead atoms. The number of ether oxygens (including phenoxy) is 2. The highest BCUT2D eigenvalue weighted by atomic mass is 28.4. The summed E-state index contributed by atoms with van der Waals surface area (Å²) < 4.78 is 16.9. The first-order valence-corrected chi connectivity index (χ1v) is 30.0. The van der Waals surface area contributed by atoms with Gasteiger partial charge in [-0.2, -0.15) is 0 Å². The van der Waals surface area contributed by atoms with Gasteiger partial charge in [-0.1, -0.05) is 68.2 Å². The lowest BCUT2D eigenvalue weighted by molar-refractivity contribution is -0.168. The summed E-state index contributed by atoms with van der Waals surface area (Å²) in [7, 11) is 1.40. The Morgan fingerprint density at radius 1 is 0.581 bits per heavy atom. The van der Waals surface area contributed by atoms with Crippen molar-refractivity contribution in [2.24, 2.45) is 105 Å². The van der Waals surface area contributed by atoms with Crippen LogP contribution in [0.5, 0.6) is 0 Å². The summed E-state index contributed by atoms with van der Waals surface area (Å²) in [5, 5.41) is 11.4. The zero-order valence-electron chi connectivity index (χ0n) is 42.4. The van der Waals surface area contributed by atoms with E-state index in [1.807, 2.05) is 0 Å². The molecule has 20 atom stereocenters. The van der Waals surface area contributed by atoms with Gasteiger partial charge in [-0.05, 0) is 227 Å². The molecule has 0 unspecified atom stereocenters. The van der Waals surface area contributed by atoms with Crippen molar-refractivity contribution < 1.29 is 28.6 Å². The number of rotatable bonds is 10. The molecular formula is C55H96O6Si. The number of hydrogen-bond acceptors (Lipinski definition) is 6.